The van der Waals surface area contributed by atoms with Crippen molar-refractivity contribution in [1.29, 1.82) is 0 Å². The Bertz CT molecular complexity index is 748. The summed E-state index contributed by atoms with van der Waals surface area (Å²) in [7, 11) is 0. The largest absolute Gasteiger partial charge is 0.509 e. The van der Waals surface area contributed by atoms with E-state index >= 15 is 0 Å². The highest BCUT2D eigenvalue weighted by Crippen LogP contribution is 2.33. The second-order valence-corrected chi connectivity index (χ2v) is 5.23. The lowest BCUT2D eigenvalue weighted by atomic mass is 10.2. The minimum absolute atomic E-state index is 0.0824. The van der Waals surface area contributed by atoms with Gasteiger partial charge in [0.05, 0.1) is 0 Å². The van der Waals surface area contributed by atoms with Crippen molar-refractivity contribution < 1.29 is 23.4 Å². The number of benzene rings is 1. The molecule has 0 spiro atoms. The van der Waals surface area contributed by atoms with Gasteiger partial charge in [-0.05, 0) is 18.2 Å². The predicted octanol–water partition coefficient (Wildman–Crippen LogP) is 2.24. The van der Waals surface area contributed by atoms with Crippen LogP contribution in [0.4, 0.5) is 4.79 Å². The van der Waals surface area contributed by atoms with Gasteiger partial charge in [0, 0.05) is 30.4 Å². The minimum Gasteiger partial charge on any atom is -0.490 e. The molecule has 1 saturated heterocycles. The fourth-order valence-corrected chi connectivity index (χ4v) is 2.84. The number of carbonyl (C=O) groups excluding carboxylic acids is 1. The van der Waals surface area contributed by atoms with Gasteiger partial charge in [-0.15, -0.1) is 0 Å². The first kappa shape index (κ1) is 12.3. The lowest BCUT2D eigenvalue weighted by Gasteiger charge is -2.14. The molecule has 6 nitrogen and oxygen atoms in total. The topological polar surface area (TPSA) is 75.0 Å². The highest BCUT2D eigenvalue weighted by Gasteiger charge is 2.46. The third-order valence-electron chi connectivity index (χ3n) is 3.80. The van der Waals surface area contributed by atoms with E-state index in [0.717, 1.165) is 5.39 Å². The van der Waals surface area contributed by atoms with E-state index in [1.54, 1.807) is 12.1 Å². The Labute approximate surface area is 119 Å². The maximum atomic E-state index is 11.2. The van der Waals surface area contributed by atoms with E-state index in [0.29, 0.717) is 24.2 Å². The highest BCUT2D eigenvalue weighted by molar-refractivity contribution is 5.77. The lowest BCUT2D eigenvalue weighted by Crippen LogP contribution is -2.15. The summed E-state index contributed by atoms with van der Waals surface area (Å²) in [6, 6.07) is 8.44. The standard InChI is InChI=1S/C15H12O6/c16-14-4-2-8-1-3-9(5-11(8)19-14)18-10-6-12-13(7-10)21-15(17)20-12/h1-5,10,12-13H,6-7H2/t10?,12-,13+. The van der Waals surface area contributed by atoms with Crippen molar-refractivity contribution in [2.75, 3.05) is 0 Å². The first-order valence-corrected chi connectivity index (χ1v) is 6.75. The third kappa shape index (κ3) is 2.22. The van der Waals surface area contributed by atoms with Gasteiger partial charge in [0.15, 0.2) is 0 Å². The van der Waals surface area contributed by atoms with Crippen LogP contribution in [-0.2, 0) is 9.47 Å². The molecule has 1 aromatic carbocycles. The van der Waals surface area contributed by atoms with Crippen molar-refractivity contribution in [3.05, 3.63) is 40.8 Å². The molecule has 2 fully saturated rings. The molecule has 3 atom stereocenters. The predicted molar refractivity (Wildman–Crippen MR) is 71.3 cm³/mol. The van der Waals surface area contributed by atoms with Gasteiger partial charge in [-0.2, -0.15) is 0 Å². The monoisotopic (exact) mass is 288 g/mol. The average Bonchev–Trinajstić information content (AvgIpc) is 2.94. The zero-order valence-corrected chi connectivity index (χ0v) is 11.0. The van der Waals surface area contributed by atoms with E-state index < -0.39 is 11.8 Å². The molecule has 1 aliphatic carbocycles. The van der Waals surface area contributed by atoms with Crippen molar-refractivity contribution in [3.63, 3.8) is 0 Å². The van der Waals surface area contributed by atoms with E-state index in [4.69, 9.17) is 18.6 Å². The third-order valence-corrected chi connectivity index (χ3v) is 3.80. The van der Waals surface area contributed by atoms with E-state index in [2.05, 4.69) is 0 Å². The van der Waals surface area contributed by atoms with Gasteiger partial charge in [-0.25, -0.2) is 9.59 Å². The Balaban J connectivity index is 1.53. The van der Waals surface area contributed by atoms with Crippen molar-refractivity contribution in [2.45, 2.75) is 31.2 Å². The number of ether oxygens (including phenoxy) is 3. The zero-order chi connectivity index (χ0) is 14.4. The molecule has 1 saturated carbocycles. The van der Waals surface area contributed by atoms with Crippen LogP contribution in [0.5, 0.6) is 5.75 Å². The number of hydrogen-bond acceptors (Lipinski definition) is 6. The van der Waals surface area contributed by atoms with Crippen LogP contribution in [0.2, 0.25) is 0 Å². The summed E-state index contributed by atoms with van der Waals surface area (Å²) in [5.74, 6) is 0.619. The van der Waals surface area contributed by atoms with Crippen LogP contribution >= 0.6 is 0 Å². The molecule has 0 amide bonds. The summed E-state index contributed by atoms with van der Waals surface area (Å²) in [5, 5.41) is 0.836. The van der Waals surface area contributed by atoms with Gasteiger partial charge >= 0.3 is 11.8 Å². The Morgan fingerprint density at radius 3 is 2.48 bits per heavy atom. The molecule has 0 radical (unpaired) electrons. The second-order valence-electron chi connectivity index (χ2n) is 5.23. The normalized spacial score (nSPS) is 27.2. The SMILES string of the molecule is O=C1O[C@H]2CC(Oc3ccc4ccc(=O)oc4c3)C[C@H]2O1. The molecule has 4 rings (SSSR count). The summed E-state index contributed by atoms with van der Waals surface area (Å²) in [4.78, 5) is 22.2. The van der Waals surface area contributed by atoms with Crippen molar-refractivity contribution in [1.82, 2.24) is 0 Å². The molecule has 1 unspecified atom stereocenters. The van der Waals surface area contributed by atoms with Gasteiger partial charge in [0.25, 0.3) is 0 Å². The number of fused-ring (bicyclic) bond motifs is 2. The molecule has 0 N–H and O–H groups in total. The van der Waals surface area contributed by atoms with Crippen LogP contribution in [0.1, 0.15) is 12.8 Å². The van der Waals surface area contributed by atoms with Gasteiger partial charge in [0.1, 0.15) is 29.6 Å². The van der Waals surface area contributed by atoms with Crippen molar-refractivity contribution in [3.8, 4) is 5.75 Å². The smallest absolute Gasteiger partial charge is 0.490 e. The summed E-state index contributed by atoms with van der Waals surface area (Å²) < 4.78 is 21.1. The Kier molecular flexibility index (Phi) is 2.63. The van der Waals surface area contributed by atoms with E-state index in [-0.39, 0.29) is 18.3 Å². The van der Waals surface area contributed by atoms with E-state index in [1.165, 1.54) is 6.07 Å². The molecule has 1 aromatic heterocycles. The van der Waals surface area contributed by atoms with Crippen molar-refractivity contribution in [2.24, 2.45) is 0 Å². The molecule has 21 heavy (non-hydrogen) atoms. The fourth-order valence-electron chi connectivity index (χ4n) is 2.84. The molecule has 2 aliphatic rings. The van der Waals surface area contributed by atoms with Crippen LogP contribution in [0.15, 0.2) is 39.5 Å². The molecule has 2 aromatic rings. The lowest BCUT2D eigenvalue weighted by molar-refractivity contribution is 0.0898. The summed E-state index contributed by atoms with van der Waals surface area (Å²) in [6.07, 6.45) is 0.0825. The summed E-state index contributed by atoms with van der Waals surface area (Å²) >= 11 is 0. The number of rotatable bonds is 2. The number of hydrogen-bond donors (Lipinski definition) is 0. The fraction of sp³-hybridized carbons (Fsp3) is 0.333. The quantitative estimate of drug-likeness (QED) is 0.623. The van der Waals surface area contributed by atoms with Crippen LogP contribution in [-0.4, -0.2) is 24.5 Å². The molecule has 6 heteroatoms. The second kappa shape index (κ2) is 4.51. The van der Waals surface area contributed by atoms with Gasteiger partial charge in [0.2, 0.25) is 0 Å². The first-order valence-electron chi connectivity index (χ1n) is 6.75. The van der Waals surface area contributed by atoms with Gasteiger partial charge in [-0.3, -0.25) is 0 Å². The Morgan fingerprint density at radius 1 is 1.00 bits per heavy atom. The van der Waals surface area contributed by atoms with E-state index in [9.17, 15) is 9.59 Å². The summed E-state index contributed by atoms with van der Waals surface area (Å²) in [5.41, 5.74) is 0.0937. The Hall–Kier alpha value is -2.50. The first-order chi connectivity index (χ1) is 10.2. The molecule has 0 bridgehead atoms. The van der Waals surface area contributed by atoms with Crippen LogP contribution in [0, 0.1) is 0 Å². The highest BCUT2D eigenvalue weighted by atomic mass is 16.8. The molecular weight excluding hydrogens is 276 g/mol. The number of carbonyl (C=O) groups is 1. The van der Waals surface area contributed by atoms with Gasteiger partial charge < -0.3 is 18.6 Å². The van der Waals surface area contributed by atoms with E-state index in [1.807, 2.05) is 12.1 Å². The molecule has 1 aliphatic heterocycles. The van der Waals surface area contributed by atoms with Crippen LogP contribution in [0.25, 0.3) is 11.0 Å². The Morgan fingerprint density at radius 2 is 1.71 bits per heavy atom. The van der Waals surface area contributed by atoms with Crippen LogP contribution < -0.4 is 10.4 Å². The zero-order valence-electron chi connectivity index (χ0n) is 11.0. The maximum Gasteiger partial charge on any atom is 0.509 e. The minimum atomic E-state index is -0.601. The van der Waals surface area contributed by atoms with Crippen LogP contribution in [0.3, 0.4) is 0 Å². The molecular formula is C15H12O6. The summed E-state index contributed by atoms with van der Waals surface area (Å²) in [6.45, 7) is 0. The average molecular weight is 288 g/mol. The molecule has 108 valence electrons. The van der Waals surface area contributed by atoms with Gasteiger partial charge in [-0.1, -0.05) is 0 Å². The molecule has 2 heterocycles. The van der Waals surface area contributed by atoms with Crippen molar-refractivity contribution >= 4 is 17.1 Å². The maximum absolute atomic E-state index is 11.2.